The smallest absolute Gasteiger partial charge is 0.207 e. The number of halogens is 1. The Morgan fingerprint density at radius 2 is 1.62 bits per heavy atom. The lowest BCUT2D eigenvalue weighted by Crippen LogP contribution is -2.41. The molecule has 0 heterocycles. The van der Waals surface area contributed by atoms with Crippen molar-refractivity contribution < 1.29 is 9.47 Å². The van der Waals surface area contributed by atoms with Crippen molar-refractivity contribution in [1.82, 2.24) is 0 Å². The molecule has 0 saturated carbocycles. The summed E-state index contributed by atoms with van der Waals surface area (Å²) in [7, 11) is 0. The van der Waals surface area contributed by atoms with E-state index in [1.54, 1.807) is 0 Å². The highest BCUT2D eigenvalue weighted by Crippen LogP contribution is 2.27. The van der Waals surface area contributed by atoms with E-state index in [0.29, 0.717) is 19.8 Å². The van der Waals surface area contributed by atoms with Crippen molar-refractivity contribution in [3.63, 3.8) is 0 Å². The van der Waals surface area contributed by atoms with Gasteiger partial charge >= 0.3 is 0 Å². The molecule has 1 aromatic rings. The third-order valence-corrected chi connectivity index (χ3v) is 3.03. The van der Waals surface area contributed by atoms with Crippen LogP contribution in [0.3, 0.4) is 0 Å². The summed E-state index contributed by atoms with van der Waals surface area (Å²) in [5.41, 5.74) is 6.77. The first-order valence-electron chi connectivity index (χ1n) is 5.42. The summed E-state index contributed by atoms with van der Waals surface area (Å²) in [6, 6.07) is 8.05. The number of rotatable bonds is 6. The molecule has 0 amide bonds. The van der Waals surface area contributed by atoms with Crippen molar-refractivity contribution in [3.8, 4) is 0 Å². The number of ether oxygens (including phenoxy) is 2. The van der Waals surface area contributed by atoms with Crippen LogP contribution in [0.1, 0.15) is 19.4 Å². The van der Waals surface area contributed by atoms with Crippen molar-refractivity contribution in [2.45, 2.75) is 19.6 Å². The molecule has 0 fully saturated rings. The van der Waals surface area contributed by atoms with E-state index in [2.05, 4.69) is 22.6 Å². The lowest BCUT2D eigenvalue weighted by molar-refractivity contribution is -0.235. The van der Waals surface area contributed by atoms with Gasteiger partial charge in [0.05, 0.1) is 6.54 Å². The molecule has 0 aromatic heterocycles. The highest BCUT2D eigenvalue weighted by atomic mass is 127. The van der Waals surface area contributed by atoms with Gasteiger partial charge < -0.3 is 15.2 Å². The van der Waals surface area contributed by atoms with E-state index in [0.717, 1.165) is 5.56 Å². The Balaban J connectivity index is 3.02. The van der Waals surface area contributed by atoms with Gasteiger partial charge in [0.1, 0.15) is 0 Å². The quantitative estimate of drug-likeness (QED) is 0.642. The topological polar surface area (TPSA) is 44.5 Å². The highest BCUT2D eigenvalue weighted by molar-refractivity contribution is 14.1. The molecular formula is C12H18INO2. The summed E-state index contributed by atoms with van der Waals surface area (Å²) in [6.07, 6.45) is 0. The molecule has 0 spiro atoms. The first-order valence-corrected chi connectivity index (χ1v) is 6.50. The maximum absolute atomic E-state index is 5.80. The predicted molar refractivity (Wildman–Crippen MR) is 73.1 cm³/mol. The van der Waals surface area contributed by atoms with Crippen LogP contribution in [-0.4, -0.2) is 19.8 Å². The van der Waals surface area contributed by atoms with E-state index < -0.39 is 5.79 Å². The second-order valence-electron chi connectivity index (χ2n) is 3.33. The van der Waals surface area contributed by atoms with E-state index >= 15 is 0 Å². The Hall–Kier alpha value is -0.170. The normalized spacial score (nSPS) is 11.8. The third kappa shape index (κ3) is 3.16. The first kappa shape index (κ1) is 13.9. The first-order chi connectivity index (χ1) is 7.68. The van der Waals surface area contributed by atoms with E-state index in [1.165, 1.54) is 3.57 Å². The molecule has 2 N–H and O–H groups in total. The van der Waals surface area contributed by atoms with Crippen molar-refractivity contribution >= 4 is 22.6 Å². The van der Waals surface area contributed by atoms with E-state index in [4.69, 9.17) is 15.2 Å². The van der Waals surface area contributed by atoms with Gasteiger partial charge in [-0.05, 0) is 48.6 Å². The predicted octanol–water partition coefficient (Wildman–Crippen LogP) is 2.48. The zero-order valence-electron chi connectivity index (χ0n) is 9.70. The fourth-order valence-electron chi connectivity index (χ4n) is 1.61. The molecular weight excluding hydrogens is 317 g/mol. The zero-order chi connectivity index (χ0) is 12.0. The largest absolute Gasteiger partial charge is 0.345 e. The van der Waals surface area contributed by atoms with Crippen LogP contribution in [0.25, 0.3) is 0 Å². The van der Waals surface area contributed by atoms with Gasteiger partial charge in [-0.25, -0.2) is 0 Å². The molecule has 0 saturated heterocycles. The molecule has 4 heteroatoms. The molecule has 90 valence electrons. The maximum atomic E-state index is 5.80. The highest BCUT2D eigenvalue weighted by Gasteiger charge is 2.31. The summed E-state index contributed by atoms with van der Waals surface area (Å²) in [5, 5.41) is 0. The average Bonchev–Trinajstić information content (AvgIpc) is 2.29. The molecule has 0 bridgehead atoms. The Labute approximate surface area is 110 Å². The Morgan fingerprint density at radius 1 is 1.12 bits per heavy atom. The van der Waals surface area contributed by atoms with Crippen molar-refractivity contribution in [2.75, 3.05) is 19.8 Å². The maximum Gasteiger partial charge on any atom is 0.207 e. The Kier molecular flexibility index (Phi) is 5.68. The Morgan fingerprint density at radius 3 is 2.00 bits per heavy atom. The standard InChI is InChI=1S/C12H18INO2/c1-3-15-12(9-14,16-4-2)10-5-7-11(13)8-6-10/h5-8H,3-4,9,14H2,1-2H3. The molecule has 3 nitrogen and oxygen atoms in total. The van der Waals surface area contributed by atoms with Crippen LogP contribution in [0.2, 0.25) is 0 Å². The third-order valence-electron chi connectivity index (χ3n) is 2.31. The van der Waals surface area contributed by atoms with Crippen LogP contribution in [0.4, 0.5) is 0 Å². The van der Waals surface area contributed by atoms with Crippen molar-refractivity contribution in [3.05, 3.63) is 33.4 Å². The molecule has 16 heavy (non-hydrogen) atoms. The summed E-state index contributed by atoms with van der Waals surface area (Å²) in [4.78, 5) is 0. The average molecular weight is 335 g/mol. The minimum atomic E-state index is -0.798. The number of hydrogen-bond acceptors (Lipinski definition) is 3. The van der Waals surface area contributed by atoms with Gasteiger partial charge in [0, 0.05) is 22.3 Å². The Bertz CT molecular complexity index is 307. The molecule has 0 aliphatic carbocycles. The zero-order valence-corrected chi connectivity index (χ0v) is 11.9. The molecule has 1 rings (SSSR count). The fraction of sp³-hybridized carbons (Fsp3) is 0.500. The van der Waals surface area contributed by atoms with E-state index in [1.807, 2.05) is 38.1 Å². The molecule has 0 atom stereocenters. The van der Waals surface area contributed by atoms with E-state index in [9.17, 15) is 0 Å². The second kappa shape index (κ2) is 6.54. The summed E-state index contributed by atoms with van der Waals surface area (Å²) in [6.45, 7) is 5.34. The molecule has 0 radical (unpaired) electrons. The molecule has 1 aromatic carbocycles. The molecule has 0 aliphatic heterocycles. The second-order valence-corrected chi connectivity index (χ2v) is 4.58. The van der Waals surface area contributed by atoms with Gasteiger partial charge in [0.15, 0.2) is 0 Å². The van der Waals surface area contributed by atoms with Gasteiger partial charge in [0.25, 0.3) is 0 Å². The van der Waals surface area contributed by atoms with Crippen LogP contribution in [0, 0.1) is 3.57 Å². The van der Waals surface area contributed by atoms with Gasteiger partial charge in [-0.1, -0.05) is 12.1 Å². The lowest BCUT2D eigenvalue weighted by Gasteiger charge is -2.32. The molecule has 0 aliphatic rings. The monoisotopic (exact) mass is 335 g/mol. The summed E-state index contributed by atoms with van der Waals surface area (Å²) < 4.78 is 12.6. The van der Waals surface area contributed by atoms with E-state index in [-0.39, 0.29) is 0 Å². The minimum absolute atomic E-state index is 0.315. The van der Waals surface area contributed by atoms with Gasteiger partial charge in [-0.15, -0.1) is 0 Å². The number of benzene rings is 1. The van der Waals surface area contributed by atoms with Gasteiger partial charge in [-0.3, -0.25) is 0 Å². The van der Waals surface area contributed by atoms with Crippen LogP contribution < -0.4 is 5.73 Å². The van der Waals surface area contributed by atoms with Crippen molar-refractivity contribution in [1.29, 1.82) is 0 Å². The van der Waals surface area contributed by atoms with Crippen molar-refractivity contribution in [2.24, 2.45) is 5.73 Å². The molecule has 0 unspecified atom stereocenters. The number of nitrogens with two attached hydrogens (primary N) is 1. The fourth-order valence-corrected chi connectivity index (χ4v) is 1.97. The van der Waals surface area contributed by atoms with Crippen LogP contribution in [0.15, 0.2) is 24.3 Å². The SMILES string of the molecule is CCOC(CN)(OCC)c1ccc(I)cc1. The summed E-state index contributed by atoms with van der Waals surface area (Å²) >= 11 is 2.27. The minimum Gasteiger partial charge on any atom is -0.345 e. The van der Waals surface area contributed by atoms with Crippen LogP contribution in [0.5, 0.6) is 0 Å². The lowest BCUT2D eigenvalue weighted by atomic mass is 10.1. The van der Waals surface area contributed by atoms with Gasteiger partial charge in [-0.2, -0.15) is 0 Å². The van der Waals surface area contributed by atoms with Crippen LogP contribution >= 0.6 is 22.6 Å². The number of hydrogen-bond donors (Lipinski definition) is 1. The van der Waals surface area contributed by atoms with Gasteiger partial charge in [0.2, 0.25) is 5.79 Å². The van der Waals surface area contributed by atoms with Crippen LogP contribution in [-0.2, 0) is 15.3 Å². The summed E-state index contributed by atoms with van der Waals surface area (Å²) in [5.74, 6) is -0.798.